The molecule has 0 aromatic heterocycles. The zero-order valence-electron chi connectivity index (χ0n) is 9.96. The van der Waals surface area contributed by atoms with Crippen LogP contribution in [0.25, 0.3) is 0 Å². The molecule has 0 aliphatic carbocycles. The molecule has 84 valence electrons. The Morgan fingerprint density at radius 3 is 2.21 bits per heavy atom. The molecule has 1 N–H and O–H groups in total. The first-order chi connectivity index (χ1) is 6.47. The molecule has 0 rings (SSSR count). The third-order valence-corrected chi connectivity index (χ3v) is 1.79. The molecule has 0 bridgehead atoms. The number of rotatable bonds is 6. The molecule has 0 saturated carbocycles. The number of hydrogen-bond donors (Lipinski definition) is 1. The molecule has 0 aromatic carbocycles. The van der Waals surface area contributed by atoms with Crippen molar-refractivity contribution in [1.29, 1.82) is 0 Å². The van der Waals surface area contributed by atoms with Gasteiger partial charge in [0.15, 0.2) is 0 Å². The molecule has 0 spiro atoms. The molecule has 3 heteroatoms. The van der Waals surface area contributed by atoms with E-state index in [1.165, 1.54) is 0 Å². The summed E-state index contributed by atoms with van der Waals surface area (Å²) in [7, 11) is 0. The van der Waals surface area contributed by atoms with Gasteiger partial charge in [-0.1, -0.05) is 20.8 Å². The van der Waals surface area contributed by atoms with E-state index in [4.69, 9.17) is 4.74 Å². The van der Waals surface area contributed by atoms with E-state index < -0.39 is 0 Å². The van der Waals surface area contributed by atoms with Crippen LogP contribution in [0.3, 0.4) is 0 Å². The van der Waals surface area contributed by atoms with E-state index in [0.29, 0.717) is 5.92 Å². The molecule has 0 aromatic rings. The van der Waals surface area contributed by atoms with E-state index in [1.54, 1.807) is 0 Å². The fraction of sp³-hybridized carbons (Fsp3) is 0.909. The van der Waals surface area contributed by atoms with Crippen LogP contribution in [-0.4, -0.2) is 24.7 Å². The minimum atomic E-state index is -0.151. The summed E-state index contributed by atoms with van der Waals surface area (Å²) in [5.74, 6) is 0.370. The molecule has 0 radical (unpaired) electrons. The summed E-state index contributed by atoms with van der Waals surface area (Å²) in [5, 5.41) is 3.14. The van der Waals surface area contributed by atoms with E-state index in [2.05, 4.69) is 19.2 Å². The van der Waals surface area contributed by atoms with Gasteiger partial charge in [0.25, 0.3) is 0 Å². The van der Waals surface area contributed by atoms with Gasteiger partial charge >= 0.3 is 5.97 Å². The molecule has 14 heavy (non-hydrogen) atoms. The first-order valence-electron chi connectivity index (χ1n) is 5.41. The molecular weight excluding hydrogens is 178 g/mol. The van der Waals surface area contributed by atoms with Crippen molar-refractivity contribution in [3.05, 3.63) is 0 Å². The highest BCUT2D eigenvalue weighted by atomic mass is 16.5. The summed E-state index contributed by atoms with van der Waals surface area (Å²) in [6.45, 7) is 10.7. The second-order valence-corrected chi connectivity index (χ2v) is 4.23. The zero-order valence-corrected chi connectivity index (χ0v) is 9.96. The summed E-state index contributed by atoms with van der Waals surface area (Å²) in [4.78, 5) is 11.6. The average Bonchev–Trinajstić information content (AvgIpc) is 2.01. The number of ether oxygens (including phenoxy) is 1. The fourth-order valence-corrected chi connectivity index (χ4v) is 1.30. The fourth-order valence-electron chi connectivity index (χ4n) is 1.30. The molecule has 0 fully saturated rings. The Balaban J connectivity index is 4.10. The highest BCUT2D eigenvalue weighted by Gasteiger charge is 2.20. The minimum Gasteiger partial charge on any atom is -0.462 e. The second kappa shape index (κ2) is 6.82. The molecule has 0 amide bonds. The van der Waals surface area contributed by atoms with Gasteiger partial charge in [-0.3, -0.25) is 4.79 Å². The SMILES string of the molecule is CCN[C@@H](CC(C)C)C(=O)OC(C)C. The molecule has 1 atom stereocenters. The van der Waals surface area contributed by atoms with Crippen molar-refractivity contribution >= 4 is 5.97 Å². The molecule has 3 nitrogen and oxygen atoms in total. The lowest BCUT2D eigenvalue weighted by molar-refractivity contribution is -0.150. The lowest BCUT2D eigenvalue weighted by atomic mass is 10.0. The van der Waals surface area contributed by atoms with Gasteiger partial charge in [0.05, 0.1) is 6.10 Å². The highest BCUT2D eigenvalue weighted by Crippen LogP contribution is 2.07. The first kappa shape index (κ1) is 13.4. The molecule has 0 aliphatic rings. The Hall–Kier alpha value is -0.570. The number of nitrogens with one attached hydrogen (secondary N) is 1. The quantitative estimate of drug-likeness (QED) is 0.668. The number of esters is 1. The number of likely N-dealkylation sites (N-methyl/N-ethyl adjacent to an activating group) is 1. The standard InChI is InChI=1S/C11H23NO2/c1-6-12-10(7-8(2)3)11(13)14-9(4)5/h8-10,12H,6-7H2,1-5H3/t10-/m0/s1. The van der Waals surface area contributed by atoms with Crippen LogP contribution in [0.5, 0.6) is 0 Å². The van der Waals surface area contributed by atoms with Crippen molar-refractivity contribution < 1.29 is 9.53 Å². The van der Waals surface area contributed by atoms with Crippen LogP contribution in [0, 0.1) is 5.92 Å². The Kier molecular flexibility index (Phi) is 6.54. The first-order valence-corrected chi connectivity index (χ1v) is 5.41. The van der Waals surface area contributed by atoms with Gasteiger partial charge in [0, 0.05) is 0 Å². The largest absolute Gasteiger partial charge is 0.462 e. The minimum absolute atomic E-state index is 0.0316. The van der Waals surface area contributed by atoms with Crippen molar-refractivity contribution in [2.75, 3.05) is 6.54 Å². The van der Waals surface area contributed by atoms with Crippen LogP contribution in [0.1, 0.15) is 41.0 Å². The Morgan fingerprint density at radius 1 is 1.29 bits per heavy atom. The van der Waals surface area contributed by atoms with Crippen LogP contribution in [0.4, 0.5) is 0 Å². The van der Waals surface area contributed by atoms with Gasteiger partial charge in [0.1, 0.15) is 6.04 Å². The predicted octanol–water partition coefficient (Wildman–Crippen LogP) is 1.96. The van der Waals surface area contributed by atoms with Crippen LogP contribution in [-0.2, 0) is 9.53 Å². The van der Waals surface area contributed by atoms with Crippen molar-refractivity contribution in [1.82, 2.24) is 5.32 Å². The number of carbonyl (C=O) groups excluding carboxylic acids is 1. The van der Waals surface area contributed by atoms with E-state index in [-0.39, 0.29) is 18.1 Å². The van der Waals surface area contributed by atoms with Crippen molar-refractivity contribution in [2.24, 2.45) is 5.92 Å². The molecule has 0 aliphatic heterocycles. The van der Waals surface area contributed by atoms with Crippen molar-refractivity contribution in [3.63, 3.8) is 0 Å². The lowest BCUT2D eigenvalue weighted by Gasteiger charge is -2.19. The molecular formula is C11H23NO2. The Morgan fingerprint density at radius 2 is 1.86 bits per heavy atom. The third-order valence-electron chi connectivity index (χ3n) is 1.79. The van der Waals surface area contributed by atoms with E-state index in [9.17, 15) is 4.79 Å². The van der Waals surface area contributed by atoms with Gasteiger partial charge < -0.3 is 10.1 Å². The van der Waals surface area contributed by atoms with Gasteiger partial charge in [-0.2, -0.15) is 0 Å². The normalized spacial score (nSPS) is 13.4. The summed E-state index contributed by atoms with van der Waals surface area (Å²) in [6.07, 6.45) is 0.801. The van der Waals surface area contributed by atoms with Gasteiger partial charge in [-0.25, -0.2) is 0 Å². The van der Waals surface area contributed by atoms with Gasteiger partial charge in [-0.15, -0.1) is 0 Å². The number of carbonyl (C=O) groups is 1. The van der Waals surface area contributed by atoms with Crippen LogP contribution in [0.2, 0.25) is 0 Å². The summed E-state index contributed by atoms with van der Waals surface area (Å²) in [5.41, 5.74) is 0. The van der Waals surface area contributed by atoms with E-state index in [0.717, 1.165) is 13.0 Å². The smallest absolute Gasteiger partial charge is 0.323 e. The summed E-state index contributed by atoms with van der Waals surface area (Å²) < 4.78 is 5.16. The summed E-state index contributed by atoms with van der Waals surface area (Å²) >= 11 is 0. The maximum atomic E-state index is 11.6. The van der Waals surface area contributed by atoms with Crippen molar-refractivity contribution in [2.45, 2.75) is 53.2 Å². The molecule has 0 saturated heterocycles. The van der Waals surface area contributed by atoms with Gasteiger partial charge in [-0.05, 0) is 32.7 Å². The number of hydrogen-bond acceptors (Lipinski definition) is 3. The highest BCUT2D eigenvalue weighted by molar-refractivity contribution is 5.75. The average molecular weight is 201 g/mol. The lowest BCUT2D eigenvalue weighted by Crippen LogP contribution is -2.39. The maximum absolute atomic E-state index is 11.6. The summed E-state index contributed by atoms with van der Waals surface area (Å²) in [6, 6.07) is -0.151. The molecule has 0 unspecified atom stereocenters. The predicted molar refractivity (Wildman–Crippen MR) is 58.1 cm³/mol. The molecule has 0 heterocycles. The van der Waals surface area contributed by atoms with Crippen LogP contribution >= 0.6 is 0 Å². The van der Waals surface area contributed by atoms with Crippen molar-refractivity contribution in [3.8, 4) is 0 Å². The van der Waals surface area contributed by atoms with Gasteiger partial charge in [0.2, 0.25) is 0 Å². The second-order valence-electron chi connectivity index (χ2n) is 4.23. The van der Waals surface area contributed by atoms with Crippen LogP contribution < -0.4 is 5.32 Å². The maximum Gasteiger partial charge on any atom is 0.323 e. The Labute approximate surface area is 87.2 Å². The Bertz CT molecular complexity index is 167. The van der Waals surface area contributed by atoms with Crippen LogP contribution in [0.15, 0.2) is 0 Å². The topological polar surface area (TPSA) is 38.3 Å². The third kappa shape index (κ3) is 5.97. The monoisotopic (exact) mass is 201 g/mol. The van der Waals surface area contributed by atoms with E-state index in [1.807, 2.05) is 20.8 Å². The van der Waals surface area contributed by atoms with E-state index >= 15 is 0 Å². The zero-order chi connectivity index (χ0) is 11.1.